The van der Waals surface area contributed by atoms with Crippen LogP contribution in [0.5, 0.6) is 0 Å². The van der Waals surface area contributed by atoms with Gasteiger partial charge in [0.2, 0.25) is 0 Å². The quantitative estimate of drug-likeness (QED) is 0.675. The lowest BCUT2D eigenvalue weighted by atomic mass is 10.3. The van der Waals surface area contributed by atoms with E-state index in [-0.39, 0.29) is 12.1 Å². The largest absolute Gasteiger partial charge is 0.459 e. The summed E-state index contributed by atoms with van der Waals surface area (Å²) >= 11 is 1.41. The molecular formula is C9H12O2S. The van der Waals surface area contributed by atoms with Crippen LogP contribution in [0.4, 0.5) is 0 Å². The van der Waals surface area contributed by atoms with Crippen molar-refractivity contribution in [3.8, 4) is 0 Å². The fourth-order valence-electron chi connectivity index (χ4n) is 0.719. The topological polar surface area (TPSA) is 26.3 Å². The van der Waals surface area contributed by atoms with Gasteiger partial charge in [-0.3, -0.25) is 0 Å². The Balaban J connectivity index is 2.50. The Morgan fingerprint density at radius 2 is 2.50 bits per heavy atom. The van der Waals surface area contributed by atoms with Crippen LogP contribution in [-0.2, 0) is 4.74 Å². The fraction of sp³-hybridized carbons (Fsp3) is 0.444. The molecule has 1 heterocycles. The van der Waals surface area contributed by atoms with Gasteiger partial charge in [0, 0.05) is 0 Å². The zero-order valence-electron chi connectivity index (χ0n) is 7.24. The molecule has 0 fully saturated rings. The van der Waals surface area contributed by atoms with Crippen LogP contribution in [0.15, 0.2) is 17.5 Å². The molecule has 0 spiro atoms. The fourth-order valence-corrected chi connectivity index (χ4v) is 1.32. The summed E-state index contributed by atoms with van der Waals surface area (Å²) in [5, 5.41) is 1.87. The number of carbonyl (C=O) groups is 1. The Bertz CT molecular complexity index is 241. The molecule has 0 aliphatic carbocycles. The second-order valence-electron chi connectivity index (χ2n) is 2.60. The van der Waals surface area contributed by atoms with Gasteiger partial charge in [-0.25, -0.2) is 4.79 Å². The third kappa shape index (κ3) is 2.34. The van der Waals surface area contributed by atoms with Gasteiger partial charge in [0.1, 0.15) is 4.88 Å². The van der Waals surface area contributed by atoms with E-state index in [1.54, 1.807) is 6.07 Å². The molecule has 1 atom stereocenters. The molecule has 1 rings (SSSR count). The molecule has 0 saturated heterocycles. The summed E-state index contributed by atoms with van der Waals surface area (Å²) in [4.78, 5) is 11.9. The molecule has 0 aliphatic rings. The molecule has 3 heteroatoms. The van der Waals surface area contributed by atoms with Crippen molar-refractivity contribution in [2.75, 3.05) is 0 Å². The lowest BCUT2D eigenvalue weighted by Gasteiger charge is -2.08. The Labute approximate surface area is 76.2 Å². The van der Waals surface area contributed by atoms with Crippen molar-refractivity contribution in [3.63, 3.8) is 0 Å². The highest BCUT2D eigenvalue weighted by Crippen LogP contribution is 2.11. The molecule has 0 N–H and O–H groups in total. The molecule has 2 nitrogen and oxygen atoms in total. The molecule has 0 aliphatic heterocycles. The van der Waals surface area contributed by atoms with Crippen molar-refractivity contribution in [2.24, 2.45) is 0 Å². The maximum Gasteiger partial charge on any atom is 0.348 e. The molecule has 1 aromatic rings. The molecule has 66 valence electrons. The van der Waals surface area contributed by atoms with Gasteiger partial charge in [0.05, 0.1) is 6.10 Å². The van der Waals surface area contributed by atoms with Crippen molar-refractivity contribution in [1.29, 1.82) is 0 Å². The van der Waals surface area contributed by atoms with Crippen molar-refractivity contribution in [3.05, 3.63) is 22.4 Å². The molecule has 1 aromatic heterocycles. The van der Waals surface area contributed by atoms with E-state index in [1.807, 2.05) is 25.3 Å². The molecule has 0 amide bonds. The van der Waals surface area contributed by atoms with Gasteiger partial charge in [-0.05, 0) is 24.8 Å². The first kappa shape index (κ1) is 9.26. The molecular weight excluding hydrogens is 172 g/mol. The lowest BCUT2D eigenvalue weighted by molar-refractivity contribution is 0.0340. The number of hydrogen-bond donors (Lipinski definition) is 0. The van der Waals surface area contributed by atoms with Crippen molar-refractivity contribution in [1.82, 2.24) is 0 Å². The molecule has 1 unspecified atom stereocenters. The summed E-state index contributed by atoms with van der Waals surface area (Å²) in [7, 11) is 0. The zero-order valence-corrected chi connectivity index (χ0v) is 8.06. The van der Waals surface area contributed by atoms with Crippen molar-refractivity contribution < 1.29 is 9.53 Å². The first-order valence-electron chi connectivity index (χ1n) is 3.98. The lowest BCUT2D eigenvalue weighted by Crippen LogP contribution is -2.12. The minimum absolute atomic E-state index is 0.0135. The predicted octanol–water partition coefficient (Wildman–Crippen LogP) is 2.70. The average Bonchev–Trinajstić information content (AvgIpc) is 2.56. The average molecular weight is 184 g/mol. The molecule has 0 aromatic carbocycles. The Kier molecular flexibility index (Phi) is 3.29. The number of hydrogen-bond acceptors (Lipinski definition) is 3. The van der Waals surface area contributed by atoms with Crippen LogP contribution in [0.1, 0.15) is 29.9 Å². The van der Waals surface area contributed by atoms with Gasteiger partial charge in [-0.15, -0.1) is 11.3 Å². The maximum absolute atomic E-state index is 11.3. The minimum Gasteiger partial charge on any atom is -0.459 e. The minimum atomic E-state index is -0.209. The normalized spacial score (nSPS) is 12.5. The van der Waals surface area contributed by atoms with Gasteiger partial charge >= 0.3 is 5.97 Å². The van der Waals surface area contributed by atoms with Crippen LogP contribution in [0, 0.1) is 0 Å². The van der Waals surface area contributed by atoms with Crippen LogP contribution in [-0.4, -0.2) is 12.1 Å². The van der Waals surface area contributed by atoms with Crippen LogP contribution in [0.2, 0.25) is 0 Å². The monoisotopic (exact) mass is 184 g/mol. The second-order valence-corrected chi connectivity index (χ2v) is 3.55. The number of rotatable bonds is 3. The molecule has 12 heavy (non-hydrogen) atoms. The van der Waals surface area contributed by atoms with E-state index in [4.69, 9.17) is 4.74 Å². The second kappa shape index (κ2) is 4.26. The van der Waals surface area contributed by atoms with E-state index >= 15 is 0 Å². The summed E-state index contributed by atoms with van der Waals surface area (Å²) in [6.45, 7) is 3.89. The molecule has 0 bridgehead atoms. The number of ether oxygens (including phenoxy) is 1. The van der Waals surface area contributed by atoms with Gasteiger partial charge in [-0.1, -0.05) is 13.0 Å². The third-order valence-electron chi connectivity index (χ3n) is 1.61. The van der Waals surface area contributed by atoms with Crippen LogP contribution >= 0.6 is 11.3 Å². The van der Waals surface area contributed by atoms with E-state index in [2.05, 4.69) is 0 Å². The summed E-state index contributed by atoms with van der Waals surface area (Å²) in [6, 6.07) is 3.62. The number of thiophene rings is 1. The van der Waals surface area contributed by atoms with E-state index in [9.17, 15) is 4.79 Å². The summed E-state index contributed by atoms with van der Waals surface area (Å²) in [5.41, 5.74) is 0. The standard InChI is InChI=1S/C9H12O2S/c1-3-7(2)11-9(10)8-5-4-6-12-8/h4-7H,3H2,1-2H3. The first-order valence-corrected chi connectivity index (χ1v) is 4.86. The predicted molar refractivity (Wildman–Crippen MR) is 49.5 cm³/mol. The van der Waals surface area contributed by atoms with Gasteiger partial charge in [0.15, 0.2) is 0 Å². The van der Waals surface area contributed by atoms with Crippen molar-refractivity contribution >= 4 is 17.3 Å². The summed E-state index contributed by atoms with van der Waals surface area (Å²) in [6.07, 6.45) is 0.872. The van der Waals surface area contributed by atoms with Gasteiger partial charge in [-0.2, -0.15) is 0 Å². The van der Waals surface area contributed by atoms with Crippen LogP contribution < -0.4 is 0 Å². The zero-order chi connectivity index (χ0) is 8.97. The van der Waals surface area contributed by atoms with E-state index < -0.39 is 0 Å². The SMILES string of the molecule is CCC(C)OC(=O)c1cccs1. The number of esters is 1. The summed E-state index contributed by atoms with van der Waals surface area (Å²) < 4.78 is 5.12. The Morgan fingerprint density at radius 3 is 3.00 bits per heavy atom. The summed E-state index contributed by atoms with van der Waals surface area (Å²) in [5.74, 6) is -0.209. The van der Waals surface area contributed by atoms with Crippen molar-refractivity contribution in [2.45, 2.75) is 26.4 Å². The highest BCUT2D eigenvalue weighted by Gasteiger charge is 2.10. The maximum atomic E-state index is 11.3. The third-order valence-corrected chi connectivity index (χ3v) is 2.46. The van der Waals surface area contributed by atoms with Crippen LogP contribution in [0.3, 0.4) is 0 Å². The van der Waals surface area contributed by atoms with Gasteiger partial charge in [0.25, 0.3) is 0 Å². The van der Waals surface area contributed by atoms with E-state index in [1.165, 1.54) is 11.3 Å². The first-order chi connectivity index (χ1) is 5.74. The highest BCUT2D eigenvalue weighted by molar-refractivity contribution is 7.11. The Morgan fingerprint density at radius 1 is 1.75 bits per heavy atom. The smallest absolute Gasteiger partial charge is 0.348 e. The molecule has 0 saturated carbocycles. The van der Waals surface area contributed by atoms with Crippen LogP contribution in [0.25, 0.3) is 0 Å². The van der Waals surface area contributed by atoms with E-state index in [0.717, 1.165) is 6.42 Å². The number of carbonyl (C=O) groups excluding carboxylic acids is 1. The Hall–Kier alpha value is -0.830. The van der Waals surface area contributed by atoms with E-state index in [0.29, 0.717) is 4.88 Å². The highest BCUT2D eigenvalue weighted by atomic mass is 32.1. The molecule has 0 radical (unpaired) electrons. The van der Waals surface area contributed by atoms with Gasteiger partial charge < -0.3 is 4.74 Å².